The molecular formula is C32H48N8O8. The lowest BCUT2D eigenvalue weighted by molar-refractivity contribution is -0.167. The molecule has 0 aliphatic carbocycles. The molecule has 4 aliphatic rings. The SMILES string of the molecule is CNCC(=O)N1C=CC[C@H]1C(=O)C1(C(=O)[C@@H]2CCCN2C(=O)CNC)CCN(C(=O)CNC)[C@@]1(C=O)C(=O)[C@@H]1CCCN1C(=O)CNC. The fourth-order valence-corrected chi connectivity index (χ4v) is 8.01. The fraction of sp³-hybridized carbons (Fsp3) is 0.688. The molecule has 4 amide bonds. The lowest BCUT2D eigenvalue weighted by atomic mass is 9.58. The highest BCUT2D eigenvalue weighted by Gasteiger charge is 2.75. The lowest BCUT2D eigenvalue weighted by Gasteiger charge is -2.47. The van der Waals surface area contributed by atoms with Gasteiger partial charge < -0.3 is 45.7 Å². The molecule has 4 N–H and O–H groups in total. The van der Waals surface area contributed by atoms with Gasteiger partial charge in [0, 0.05) is 25.8 Å². The Morgan fingerprint density at radius 3 is 1.67 bits per heavy atom. The van der Waals surface area contributed by atoms with Crippen LogP contribution in [0, 0.1) is 5.41 Å². The minimum Gasteiger partial charge on any atom is -0.332 e. The average Bonchev–Trinajstić information content (AvgIpc) is 3.89. The summed E-state index contributed by atoms with van der Waals surface area (Å²) in [5.41, 5.74) is -5.11. The molecule has 4 heterocycles. The summed E-state index contributed by atoms with van der Waals surface area (Å²) in [6.07, 6.45) is 4.12. The normalized spacial score (nSPS) is 28.3. The molecule has 0 aromatic rings. The van der Waals surface area contributed by atoms with E-state index in [1.807, 2.05) is 0 Å². The van der Waals surface area contributed by atoms with Gasteiger partial charge in [-0.2, -0.15) is 0 Å². The number of nitrogens with zero attached hydrogens (tertiary/aromatic N) is 4. The first kappa shape index (κ1) is 37.0. The van der Waals surface area contributed by atoms with Crippen molar-refractivity contribution in [3.05, 3.63) is 12.3 Å². The molecule has 16 heteroatoms. The van der Waals surface area contributed by atoms with E-state index in [2.05, 4.69) is 21.3 Å². The molecule has 5 atom stereocenters. The second kappa shape index (κ2) is 15.6. The van der Waals surface area contributed by atoms with Gasteiger partial charge in [0.15, 0.2) is 29.2 Å². The van der Waals surface area contributed by atoms with E-state index in [0.29, 0.717) is 12.8 Å². The average molecular weight is 673 g/mol. The number of ketones is 3. The maximum absolute atomic E-state index is 15.3. The third kappa shape index (κ3) is 6.10. The monoisotopic (exact) mass is 672 g/mol. The Kier molecular flexibility index (Phi) is 12.0. The van der Waals surface area contributed by atoms with Gasteiger partial charge in [-0.3, -0.25) is 33.6 Å². The van der Waals surface area contributed by atoms with E-state index in [0.717, 1.165) is 4.90 Å². The number of likely N-dealkylation sites (N-methyl/N-ethyl adjacent to an activating group) is 4. The fourth-order valence-electron chi connectivity index (χ4n) is 8.01. The molecule has 48 heavy (non-hydrogen) atoms. The molecule has 0 saturated carbocycles. The van der Waals surface area contributed by atoms with Gasteiger partial charge in [-0.05, 0) is 66.7 Å². The number of carbonyl (C=O) groups excluding carboxylic acids is 8. The summed E-state index contributed by atoms with van der Waals surface area (Å²) in [5, 5.41) is 11.1. The molecule has 4 aliphatic heterocycles. The minimum absolute atomic E-state index is 0.0141. The van der Waals surface area contributed by atoms with Crippen molar-refractivity contribution in [3.63, 3.8) is 0 Å². The Hall–Kier alpha value is -3.86. The van der Waals surface area contributed by atoms with Gasteiger partial charge in [0.25, 0.3) is 0 Å². The molecule has 3 fully saturated rings. The molecule has 0 bridgehead atoms. The van der Waals surface area contributed by atoms with Crippen LogP contribution in [0.5, 0.6) is 0 Å². The number of hydrogen-bond donors (Lipinski definition) is 4. The Bertz CT molecular complexity index is 1340. The summed E-state index contributed by atoms with van der Waals surface area (Å²) in [4.78, 5) is 118. The molecular weight excluding hydrogens is 624 g/mol. The highest BCUT2D eigenvalue weighted by molar-refractivity contribution is 6.25. The van der Waals surface area contributed by atoms with E-state index < -0.39 is 70.1 Å². The molecule has 16 nitrogen and oxygen atoms in total. The quantitative estimate of drug-likeness (QED) is 0.101. The van der Waals surface area contributed by atoms with Crippen LogP contribution in [0.2, 0.25) is 0 Å². The minimum atomic E-state index is -2.65. The van der Waals surface area contributed by atoms with Gasteiger partial charge >= 0.3 is 0 Å². The Morgan fingerprint density at radius 1 is 0.667 bits per heavy atom. The van der Waals surface area contributed by atoms with Crippen molar-refractivity contribution in [2.75, 3.05) is 74.0 Å². The predicted octanol–water partition coefficient (Wildman–Crippen LogP) is -3.18. The van der Waals surface area contributed by atoms with Crippen molar-refractivity contribution < 1.29 is 38.4 Å². The van der Waals surface area contributed by atoms with Crippen LogP contribution in [0.1, 0.15) is 38.5 Å². The highest BCUT2D eigenvalue weighted by atomic mass is 16.2. The zero-order chi connectivity index (χ0) is 35.2. The second-order valence-corrected chi connectivity index (χ2v) is 12.7. The number of carbonyl (C=O) groups is 8. The third-order valence-electron chi connectivity index (χ3n) is 10.1. The van der Waals surface area contributed by atoms with E-state index in [4.69, 9.17) is 0 Å². The predicted molar refractivity (Wildman–Crippen MR) is 172 cm³/mol. The van der Waals surface area contributed by atoms with Crippen molar-refractivity contribution in [2.24, 2.45) is 5.41 Å². The number of aldehydes is 1. The largest absolute Gasteiger partial charge is 0.332 e. The summed E-state index contributed by atoms with van der Waals surface area (Å²) < 4.78 is 0. The summed E-state index contributed by atoms with van der Waals surface area (Å²) in [5.74, 6) is -4.51. The van der Waals surface area contributed by atoms with Gasteiger partial charge in [-0.1, -0.05) is 6.08 Å². The highest BCUT2D eigenvalue weighted by Crippen LogP contribution is 2.52. The molecule has 1 unspecified atom stereocenters. The first-order valence-electron chi connectivity index (χ1n) is 16.6. The number of rotatable bonds is 15. The zero-order valence-electron chi connectivity index (χ0n) is 28.2. The van der Waals surface area contributed by atoms with Crippen LogP contribution in [0.15, 0.2) is 12.3 Å². The maximum atomic E-state index is 15.3. The summed E-state index contributed by atoms with van der Waals surface area (Å²) >= 11 is 0. The van der Waals surface area contributed by atoms with Gasteiger partial charge in [0.1, 0.15) is 5.41 Å². The Labute approximate surface area is 280 Å². The van der Waals surface area contributed by atoms with E-state index in [-0.39, 0.29) is 77.8 Å². The molecule has 0 spiro atoms. The summed E-state index contributed by atoms with van der Waals surface area (Å²) in [6.45, 7) is -0.469. The standard InChI is InChI=1S/C32H48N8O8/c1-33-16-24(42)37-12-5-8-21(37)28(46)31(29(47)22-9-6-13-38(22)25(43)17-34-2)11-15-40(27(45)19-36-4)32(31,20-41)30(48)23-10-7-14-39(23)26(44)18-35-3/h5,12,20-23,33-36H,6-11,13-19H2,1-4H3/t21-,22-,23-,31?,32-/m0/s1. The Balaban J connectivity index is 1.97. The van der Waals surface area contributed by atoms with Gasteiger partial charge in [0.2, 0.25) is 23.6 Å². The number of likely N-dealkylation sites (tertiary alicyclic amines) is 3. The smallest absolute Gasteiger partial charge is 0.241 e. The van der Waals surface area contributed by atoms with Crippen molar-refractivity contribution in [1.29, 1.82) is 0 Å². The number of amides is 4. The molecule has 0 aromatic heterocycles. The van der Waals surface area contributed by atoms with Crippen molar-refractivity contribution in [3.8, 4) is 0 Å². The number of nitrogens with one attached hydrogen (secondary N) is 4. The molecule has 0 radical (unpaired) electrons. The van der Waals surface area contributed by atoms with E-state index in [9.17, 15) is 24.0 Å². The second-order valence-electron chi connectivity index (χ2n) is 12.7. The van der Waals surface area contributed by atoms with Crippen molar-refractivity contribution in [1.82, 2.24) is 40.9 Å². The number of Topliss-reactive ketones (excluding diaryl/α,β-unsaturated/α-hetero) is 3. The van der Waals surface area contributed by atoms with Gasteiger partial charge in [0.05, 0.1) is 44.3 Å². The zero-order valence-corrected chi connectivity index (χ0v) is 28.2. The lowest BCUT2D eigenvalue weighted by Crippen LogP contribution is -2.73. The molecule has 4 rings (SSSR count). The summed E-state index contributed by atoms with van der Waals surface area (Å²) in [7, 11) is 6.24. The van der Waals surface area contributed by atoms with E-state index in [1.54, 1.807) is 27.2 Å². The molecule has 0 aromatic carbocycles. The van der Waals surface area contributed by atoms with Gasteiger partial charge in [-0.15, -0.1) is 0 Å². The van der Waals surface area contributed by atoms with Crippen LogP contribution in [0.4, 0.5) is 0 Å². The van der Waals surface area contributed by atoms with Crippen LogP contribution >= 0.6 is 0 Å². The third-order valence-corrected chi connectivity index (χ3v) is 10.1. The van der Waals surface area contributed by atoms with Gasteiger partial charge in [-0.25, -0.2) is 0 Å². The van der Waals surface area contributed by atoms with Crippen LogP contribution in [-0.2, 0) is 38.4 Å². The first-order valence-corrected chi connectivity index (χ1v) is 16.6. The Morgan fingerprint density at radius 2 is 1.15 bits per heavy atom. The molecule has 264 valence electrons. The first-order chi connectivity index (χ1) is 23.0. The molecule has 3 saturated heterocycles. The number of hydrogen-bond acceptors (Lipinski definition) is 12. The van der Waals surface area contributed by atoms with Crippen molar-refractivity contribution >= 4 is 47.3 Å². The maximum Gasteiger partial charge on any atom is 0.241 e. The van der Waals surface area contributed by atoms with Crippen LogP contribution in [0.3, 0.4) is 0 Å². The van der Waals surface area contributed by atoms with Crippen LogP contribution < -0.4 is 21.3 Å². The summed E-state index contributed by atoms with van der Waals surface area (Å²) in [6, 6.07) is -3.62. The van der Waals surface area contributed by atoms with E-state index >= 15 is 14.4 Å². The van der Waals surface area contributed by atoms with Crippen LogP contribution in [0.25, 0.3) is 0 Å². The van der Waals surface area contributed by atoms with E-state index in [1.165, 1.54) is 27.9 Å². The van der Waals surface area contributed by atoms with Crippen LogP contribution in [-0.4, -0.2) is 165 Å². The van der Waals surface area contributed by atoms with Crippen molar-refractivity contribution in [2.45, 2.75) is 62.2 Å². The topological polar surface area (TPSA) is 198 Å².